The molecule has 2 saturated carbocycles. The number of nitrogens with two attached hydrogens (primary N) is 1. The molecule has 3 fully saturated rings. The second kappa shape index (κ2) is 6.11. The zero-order chi connectivity index (χ0) is 13.2. The quantitative estimate of drug-likeness (QED) is 0.844. The number of rotatable bonds is 4. The van der Waals surface area contributed by atoms with Crippen LogP contribution in [0.2, 0.25) is 0 Å². The average molecular weight is 265 g/mol. The zero-order valence-electron chi connectivity index (χ0n) is 12.6. The van der Waals surface area contributed by atoms with E-state index in [4.69, 9.17) is 5.73 Å². The predicted molar refractivity (Wildman–Crippen MR) is 80.2 cm³/mol. The van der Waals surface area contributed by atoms with Gasteiger partial charge in [-0.25, -0.2) is 0 Å². The summed E-state index contributed by atoms with van der Waals surface area (Å²) in [6.07, 6.45) is 9.61. The Morgan fingerprint density at radius 3 is 2.26 bits per heavy atom. The molecule has 0 aromatic heterocycles. The molecule has 3 unspecified atom stereocenters. The fraction of sp³-hybridized carbons (Fsp3) is 1.00. The lowest BCUT2D eigenvalue weighted by Crippen LogP contribution is -2.57. The lowest BCUT2D eigenvalue weighted by Gasteiger charge is -2.45. The van der Waals surface area contributed by atoms with Crippen LogP contribution >= 0.6 is 0 Å². The van der Waals surface area contributed by atoms with Gasteiger partial charge in [0.2, 0.25) is 0 Å². The molecule has 110 valence electrons. The van der Waals surface area contributed by atoms with E-state index in [0.717, 1.165) is 12.0 Å². The number of nitrogens with zero attached hydrogens (tertiary/aromatic N) is 2. The monoisotopic (exact) mass is 265 g/mol. The van der Waals surface area contributed by atoms with E-state index in [9.17, 15) is 0 Å². The van der Waals surface area contributed by atoms with Crippen molar-refractivity contribution >= 4 is 0 Å². The van der Waals surface area contributed by atoms with E-state index < -0.39 is 0 Å². The molecular formula is C16H31N3. The van der Waals surface area contributed by atoms with Crippen molar-refractivity contribution in [1.29, 1.82) is 0 Å². The molecule has 3 nitrogen and oxygen atoms in total. The van der Waals surface area contributed by atoms with Gasteiger partial charge in [0.05, 0.1) is 0 Å². The van der Waals surface area contributed by atoms with Crippen molar-refractivity contribution in [3.8, 4) is 0 Å². The van der Waals surface area contributed by atoms with Crippen LogP contribution in [-0.4, -0.2) is 54.1 Å². The summed E-state index contributed by atoms with van der Waals surface area (Å²) in [5.41, 5.74) is 6.42. The highest BCUT2D eigenvalue weighted by molar-refractivity contribution is 4.93. The SMILES string of the molecule is CCCC1CCC(N)C(N2CCN(C3CC3)CC2)C1. The van der Waals surface area contributed by atoms with Gasteiger partial charge in [-0.05, 0) is 38.0 Å². The van der Waals surface area contributed by atoms with Crippen molar-refractivity contribution < 1.29 is 0 Å². The van der Waals surface area contributed by atoms with Crippen LogP contribution in [0, 0.1) is 5.92 Å². The van der Waals surface area contributed by atoms with Crippen LogP contribution in [0.5, 0.6) is 0 Å². The second-order valence-electron chi connectivity index (χ2n) is 7.00. The van der Waals surface area contributed by atoms with E-state index in [-0.39, 0.29) is 0 Å². The van der Waals surface area contributed by atoms with Gasteiger partial charge in [0.25, 0.3) is 0 Å². The van der Waals surface area contributed by atoms with Crippen LogP contribution in [0.3, 0.4) is 0 Å². The van der Waals surface area contributed by atoms with E-state index in [1.807, 2.05) is 0 Å². The fourth-order valence-electron chi connectivity index (χ4n) is 4.22. The third-order valence-electron chi connectivity index (χ3n) is 5.56. The van der Waals surface area contributed by atoms with Gasteiger partial charge in [-0.2, -0.15) is 0 Å². The molecule has 0 aromatic rings. The number of hydrogen-bond acceptors (Lipinski definition) is 3. The molecular weight excluding hydrogens is 234 g/mol. The Labute approximate surface area is 118 Å². The third-order valence-corrected chi connectivity index (χ3v) is 5.56. The molecule has 1 heterocycles. The highest BCUT2D eigenvalue weighted by Crippen LogP contribution is 2.32. The van der Waals surface area contributed by atoms with Crippen molar-refractivity contribution in [3.63, 3.8) is 0 Å². The molecule has 3 heteroatoms. The lowest BCUT2D eigenvalue weighted by molar-refractivity contribution is 0.0522. The maximum Gasteiger partial charge on any atom is 0.0250 e. The van der Waals surface area contributed by atoms with Gasteiger partial charge >= 0.3 is 0 Å². The second-order valence-corrected chi connectivity index (χ2v) is 7.00. The standard InChI is InChI=1S/C16H31N3/c1-2-3-13-4-7-15(17)16(12-13)19-10-8-18(9-11-19)14-5-6-14/h13-16H,2-12,17H2,1H3. The van der Waals surface area contributed by atoms with Gasteiger partial charge in [-0.15, -0.1) is 0 Å². The molecule has 0 amide bonds. The molecule has 1 saturated heterocycles. The van der Waals surface area contributed by atoms with Crippen molar-refractivity contribution in [2.45, 2.75) is 70.0 Å². The minimum absolute atomic E-state index is 0.431. The summed E-state index contributed by atoms with van der Waals surface area (Å²) < 4.78 is 0. The highest BCUT2D eigenvalue weighted by Gasteiger charge is 2.36. The molecule has 0 aromatic carbocycles. The molecule has 3 aliphatic rings. The molecule has 19 heavy (non-hydrogen) atoms. The van der Waals surface area contributed by atoms with E-state index in [0.29, 0.717) is 12.1 Å². The molecule has 0 spiro atoms. The predicted octanol–water partition coefficient (Wildman–Crippen LogP) is 2.06. The first-order valence-electron chi connectivity index (χ1n) is 8.51. The van der Waals surface area contributed by atoms with Gasteiger partial charge in [0, 0.05) is 44.3 Å². The molecule has 3 atom stereocenters. The summed E-state index contributed by atoms with van der Waals surface area (Å²) in [5.74, 6) is 0.941. The molecule has 2 aliphatic carbocycles. The Balaban J connectivity index is 1.51. The highest BCUT2D eigenvalue weighted by atomic mass is 15.3. The smallest absolute Gasteiger partial charge is 0.0250 e. The maximum atomic E-state index is 6.42. The van der Waals surface area contributed by atoms with Gasteiger partial charge in [0.1, 0.15) is 0 Å². The van der Waals surface area contributed by atoms with Crippen LogP contribution in [0.25, 0.3) is 0 Å². The van der Waals surface area contributed by atoms with Crippen LogP contribution in [0.15, 0.2) is 0 Å². The number of hydrogen-bond donors (Lipinski definition) is 1. The molecule has 0 radical (unpaired) electrons. The number of piperazine rings is 1. The average Bonchev–Trinajstić information content (AvgIpc) is 3.26. The summed E-state index contributed by atoms with van der Waals surface area (Å²) in [6, 6.07) is 2.04. The van der Waals surface area contributed by atoms with Gasteiger partial charge < -0.3 is 5.73 Å². The fourth-order valence-corrected chi connectivity index (χ4v) is 4.22. The lowest BCUT2D eigenvalue weighted by atomic mass is 9.79. The summed E-state index contributed by atoms with van der Waals surface area (Å²) >= 11 is 0. The minimum atomic E-state index is 0.431. The van der Waals surface area contributed by atoms with Crippen molar-refractivity contribution in [3.05, 3.63) is 0 Å². The largest absolute Gasteiger partial charge is 0.326 e. The Morgan fingerprint density at radius 2 is 1.63 bits per heavy atom. The summed E-state index contributed by atoms with van der Waals surface area (Å²) in [6.45, 7) is 7.40. The summed E-state index contributed by atoms with van der Waals surface area (Å²) in [5, 5.41) is 0. The van der Waals surface area contributed by atoms with E-state index in [1.54, 1.807) is 0 Å². The normalized spacial score (nSPS) is 38.5. The Bertz CT molecular complexity index is 282. The van der Waals surface area contributed by atoms with Crippen molar-refractivity contribution in [1.82, 2.24) is 9.80 Å². The topological polar surface area (TPSA) is 32.5 Å². The molecule has 3 rings (SSSR count). The van der Waals surface area contributed by atoms with Crippen LogP contribution in [0.1, 0.15) is 51.9 Å². The van der Waals surface area contributed by atoms with E-state index in [2.05, 4.69) is 16.7 Å². The minimum Gasteiger partial charge on any atom is -0.326 e. The van der Waals surface area contributed by atoms with E-state index >= 15 is 0 Å². The molecule has 1 aliphatic heterocycles. The van der Waals surface area contributed by atoms with Gasteiger partial charge in [-0.1, -0.05) is 19.8 Å². The third kappa shape index (κ3) is 3.32. The van der Waals surface area contributed by atoms with Crippen LogP contribution in [0.4, 0.5) is 0 Å². The van der Waals surface area contributed by atoms with Gasteiger partial charge in [-0.3, -0.25) is 9.80 Å². The summed E-state index contributed by atoms with van der Waals surface area (Å²) in [4.78, 5) is 5.42. The molecule has 0 bridgehead atoms. The van der Waals surface area contributed by atoms with Gasteiger partial charge in [0.15, 0.2) is 0 Å². The Kier molecular flexibility index (Phi) is 4.45. The summed E-state index contributed by atoms with van der Waals surface area (Å²) in [7, 11) is 0. The first kappa shape index (κ1) is 13.8. The first-order valence-corrected chi connectivity index (χ1v) is 8.51. The van der Waals surface area contributed by atoms with E-state index in [1.165, 1.54) is 71.1 Å². The zero-order valence-corrected chi connectivity index (χ0v) is 12.6. The van der Waals surface area contributed by atoms with Crippen LogP contribution < -0.4 is 5.73 Å². The Hall–Kier alpha value is -0.120. The first-order chi connectivity index (χ1) is 9.28. The molecule has 2 N–H and O–H groups in total. The maximum absolute atomic E-state index is 6.42. The van der Waals surface area contributed by atoms with Crippen LogP contribution in [-0.2, 0) is 0 Å². The van der Waals surface area contributed by atoms with Crippen molar-refractivity contribution in [2.24, 2.45) is 11.7 Å². The Morgan fingerprint density at radius 1 is 0.947 bits per heavy atom. The van der Waals surface area contributed by atoms with Crippen molar-refractivity contribution in [2.75, 3.05) is 26.2 Å².